The van der Waals surface area contributed by atoms with Crippen LogP contribution in [-0.4, -0.2) is 53.6 Å². The molecule has 1 heterocycles. The summed E-state index contributed by atoms with van der Waals surface area (Å²) in [6, 6.07) is 24.6. The van der Waals surface area contributed by atoms with E-state index in [1.54, 1.807) is 12.1 Å². The van der Waals surface area contributed by atoms with Crippen LogP contribution in [0.25, 0.3) is 0 Å². The highest BCUT2D eigenvalue weighted by Gasteiger charge is 2.39. The number of rotatable bonds is 11. The van der Waals surface area contributed by atoms with Gasteiger partial charge in [-0.3, -0.25) is 10.2 Å². The van der Waals surface area contributed by atoms with Crippen LogP contribution in [-0.2, 0) is 20.8 Å². The molecule has 0 spiro atoms. The first-order valence-electron chi connectivity index (χ1n) is 13.9. The molecular formula is C33H40N2O6. The highest BCUT2D eigenvalue weighted by Crippen LogP contribution is 2.42. The maximum absolute atomic E-state index is 11.9. The lowest BCUT2D eigenvalue weighted by atomic mass is 9.89. The highest BCUT2D eigenvalue weighted by molar-refractivity contribution is 5.84. The Labute approximate surface area is 242 Å². The molecular weight excluding hydrogens is 520 g/mol. The second kappa shape index (κ2) is 14.4. The lowest BCUT2D eigenvalue weighted by Crippen LogP contribution is -2.46. The molecule has 8 nitrogen and oxygen atoms in total. The maximum atomic E-state index is 11.9. The molecule has 0 bridgehead atoms. The van der Waals surface area contributed by atoms with Crippen molar-refractivity contribution in [3.8, 4) is 0 Å². The third-order valence-corrected chi connectivity index (χ3v) is 7.65. The van der Waals surface area contributed by atoms with Crippen LogP contribution < -0.4 is 5.32 Å². The van der Waals surface area contributed by atoms with Crippen molar-refractivity contribution in [1.29, 1.82) is 0 Å². The van der Waals surface area contributed by atoms with Crippen LogP contribution in [0.2, 0.25) is 0 Å². The van der Waals surface area contributed by atoms with Gasteiger partial charge in [-0.2, -0.15) is 0 Å². The van der Waals surface area contributed by atoms with Crippen LogP contribution in [0, 0.1) is 5.92 Å². The molecule has 4 rings (SSSR count). The number of nitrogens with zero attached hydrogens (tertiary/aromatic N) is 1. The number of amides is 1. The van der Waals surface area contributed by atoms with Crippen molar-refractivity contribution >= 4 is 11.8 Å². The molecule has 8 heteroatoms. The summed E-state index contributed by atoms with van der Waals surface area (Å²) in [5, 5.41) is 23.2. The Morgan fingerprint density at radius 1 is 1.05 bits per heavy atom. The Morgan fingerprint density at radius 2 is 1.71 bits per heavy atom. The van der Waals surface area contributed by atoms with Crippen molar-refractivity contribution in [2.45, 2.75) is 51.1 Å². The van der Waals surface area contributed by atoms with Gasteiger partial charge in [-0.1, -0.05) is 86.3 Å². The molecule has 0 saturated carbocycles. The molecule has 3 N–H and O–H groups in total. The summed E-state index contributed by atoms with van der Waals surface area (Å²) in [4.78, 5) is 14.0. The monoisotopic (exact) mass is 560 g/mol. The van der Waals surface area contributed by atoms with E-state index >= 15 is 0 Å². The van der Waals surface area contributed by atoms with Crippen LogP contribution in [0.5, 0.6) is 0 Å². The van der Waals surface area contributed by atoms with E-state index < -0.39 is 18.5 Å². The third-order valence-electron chi connectivity index (χ3n) is 7.65. The lowest BCUT2D eigenvalue weighted by molar-refractivity contribution is -0.276. The largest absolute Gasteiger partial charge is 0.445 e. The molecule has 0 unspecified atom stereocenters. The predicted octanol–water partition coefficient (Wildman–Crippen LogP) is 5.76. The molecule has 0 aromatic heterocycles. The number of likely N-dealkylation sites (N-methyl/N-ethyl adjacent to an activating group) is 1. The van der Waals surface area contributed by atoms with Crippen molar-refractivity contribution in [3.63, 3.8) is 0 Å². The fraction of sp³-hybridized carbons (Fsp3) is 0.364. The van der Waals surface area contributed by atoms with Crippen LogP contribution in [0.1, 0.15) is 54.6 Å². The van der Waals surface area contributed by atoms with E-state index in [2.05, 4.69) is 23.7 Å². The predicted molar refractivity (Wildman–Crippen MR) is 158 cm³/mol. The van der Waals surface area contributed by atoms with Gasteiger partial charge in [0.05, 0.1) is 24.9 Å². The molecule has 1 aliphatic rings. The number of hydrogen-bond acceptors (Lipinski definition) is 7. The van der Waals surface area contributed by atoms with Gasteiger partial charge in [0, 0.05) is 29.8 Å². The topological polar surface area (TPSA) is 100 Å². The van der Waals surface area contributed by atoms with Crippen molar-refractivity contribution in [2.24, 2.45) is 5.92 Å². The van der Waals surface area contributed by atoms with E-state index in [0.717, 1.165) is 22.3 Å². The van der Waals surface area contributed by atoms with Gasteiger partial charge in [-0.15, -0.1) is 0 Å². The quantitative estimate of drug-likeness (QED) is 0.257. The number of nitrogens with one attached hydrogen (secondary N) is 1. The number of ether oxygens (including phenoxy) is 3. The molecule has 1 amide bonds. The van der Waals surface area contributed by atoms with Gasteiger partial charge in [0.15, 0.2) is 6.29 Å². The normalized spacial score (nSPS) is 22.1. The van der Waals surface area contributed by atoms with E-state index in [9.17, 15) is 15.0 Å². The van der Waals surface area contributed by atoms with E-state index in [1.165, 1.54) is 6.08 Å². The first-order chi connectivity index (χ1) is 19.8. The van der Waals surface area contributed by atoms with Crippen molar-refractivity contribution in [2.75, 3.05) is 25.5 Å². The molecule has 0 radical (unpaired) electrons. The van der Waals surface area contributed by atoms with Gasteiger partial charge in [0.25, 0.3) is 0 Å². The third kappa shape index (κ3) is 7.81. The Kier molecular flexibility index (Phi) is 10.7. The summed E-state index contributed by atoms with van der Waals surface area (Å²) in [7, 11) is 1.99. The lowest BCUT2D eigenvalue weighted by Gasteiger charge is -2.43. The van der Waals surface area contributed by atoms with Crippen LogP contribution in [0.15, 0.2) is 91.5 Å². The zero-order valence-electron chi connectivity index (χ0n) is 23.9. The van der Waals surface area contributed by atoms with Crippen LogP contribution >= 0.6 is 0 Å². The molecule has 1 saturated heterocycles. The Hall–Kier alpha value is -3.53. The summed E-state index contributed by atoms with van der Waals surface area (Å²) in [6.45, 7) is 8.34. The summed E-state index contributed by atoms with van der Waals surface area (Å²) >= 11 is 0. The molecule has 1 aliphatic heterocycles. The van der Waals surface area contributed by atoms with Crippen molar-refractivity contribution in [1.82, 2.24) is 4.90 Å². The zero-order chi connectivity index (χ0) is 29.4. The summed E-state index contributed by atoms with van der Waals surface area (Å²) in [5.74, 6) is -0.00434. The minimum absolute atomic E-state index is 0.00434. The summed E-state index contributed by atoms with van der Waals surface area (Å²) in [6.07, 6.45) is -0.820. The zero-order valence-corrected chi connectivity index (χ0v) is 23.9. The molecule has 3 aromatic carbocycles. The maximum Gasteiger partial charge on any atom is 0.411 e. The molecule has 218 valence electrons. The molecule has 6 atom stereocenters. The number of carbonyl (C=O) groups excluding carboxylic acids is 1. The highest BCUT2D eigenvalue weighted by atomic mass is 16.7. The number of aliphatic hydroxyl groups excluding tert-OH is 2. The fourth-order valence-electron chi connectivity index (χ4n) is 4.96. The van der Waals surface area contributed by atoms with E-state index in [0.29, 0.717) is 12.2 Å². The minimum atomic E-state index is -0.650. The average Bonchev–Trinajstić information content (AvgIpc) is 3.01. The standard InChI is InChI=1S/C33H40N2O6/c1-5-19-39-33(38)34-28-17-15-27(16-18-28)32-40-29(20-35(4)23(3)30(37)25-9-7-6-8-10-25)22(2)31(41-32)26-13-11-24(21-36)12-14-26/h5-18,22-23,29-32,36-37H,1,19-21H2,2-4H3,(H,34,38)/t22-,23+,29+,30+,31+,32+/m1/s1. The van der Waals surface area contributed by atoms with Crippen molar-refractivity contribution < 1.29 is 29.2 Å². The second-order valence-corrected chi connectivity index (χ2v) is 10.5. The Balaban J connectivity index is 1.53. The van der Waals surface area contributed by atoms with Gasteiger partial charge >= 0.3 is 6.09 Å². The first-order valence-corrected chi connectivity index (χ1v) is 13.9. The van der Waals surface area contributed by atoms with Gasteiger partial charge < -0.3 is 24.4 Å². The number of hydrogen-bond donors (Lipinski definition) is 3. The molecule has 1 fully saturated rings. The van der Waals surface area contributed by atoms with Crippen LogP contribution in [0.3, 0.4) is 0 Å². The number of benzene rings is 3. The van der Waals surface area contributed by atoms with E-state index in [4.69, 9.17) is 14.2 Å². The molecule has 41 heavy (non-hydrogen) atoms. The van der Waals surface area contributed by atoms with Crippen LogP contribution in [0.4, 0.5) is 10.5 Å². The molecule has 3 aromatic rings. The first kappa shape index (κ1) is 30.4. The second-order valence-electron chi connectivity index (χ2n) is 10.5. The van der Waals surface area contributed by atoms with Gasteiger partial charge in [0.1, 0.15) is 6.61 Å². The van der Waals surface area contributed by atoms with Gasteiger partial charge in [-0.05, 0) is 42.8 Å². The number of carbonyl (C=O) groups is 1. The van der Waals surface area contributed by atoms with E-state index in [-0.39, 0.29) is 37.4 Å². The molecule has 0 aliphatic carbocycles. The summed E-state index contributed by atoms with van der Waals surface area (Å²) in [5.41, 5.74) is 4.10. The Morgan fingerprint density at radius 3 is 2.34 bits per heavy atom. The smallest absolute Gasteiger partial charge is 0.411 e. The van der Waals surface area contributed by atoms with Crippen molar-refractivity contribution in [3.05, 3.63) is 114 Å². The minimum Gasteiger partial charge on any atom is -0.445 e. The Bertz CT molecular complexity index is 1250. The van der Waals surface area contributed by atoms with Gasteiger partial charge in [-0.25, -0.2) is 4.79 Å². The fourth-order valence-corrected chi connectivity index (χ4v) is 4.96. The summed E-state index contributed by atoms with van der Waals surface area (Å²) < 4.78 is 18.1. The van der Waals surface area contributed by atoms with E-state index in [1.807, 2.05) is 80.7 Å². The number of anilines is 1. The number of aliphatic hydroxyl groups is 2. The van der Waals surface area contributed by atoms with Gasteiger partial charge in [0.2, 0.25) is 0 Å². The SMILES string of the molecule is C=CCOC(=O)Nc1ccc([C@H]2O[C@@H](CN(C)[C@@H](C)[C@H](O)c3ccccc3)[C@@H](C)[C@@H](c3ccc(CO)cc3)O2)cc1. The average molecular weight is 561 g/mol.